The van der Waals surface area contributed by atoms with E-state index in [2.05, 4.69) is 15.0 Å². The van der Waals surface area contributed by atoms with Gasteiger partial charge in [-0.3, -0.25) is 4.79 Å². The van der Waals surface area contributed by atoms with Gasteiger partial charge in [0.05, 0.1) is 18.4 Å². The third kappa shape index (κ3) is 3.49. The molecule has 0 aliphatic carbocycles. The summed E-state index contributed by atoms with van der Waals surface area (Å²) in [5, 5.41) is 0. The molecule has 0 spiro atoms. The monoisotopic (exact) mass is 346 g/mol. The Morgan fingerprint density at radius 3 is 2.40 bits per heavy atom. The second-order valence-corrected chi connectivity index (χ2v) is 5.32. The van der Waals surface area contributed by atoms with Gasteiger partial charge in [0.1, 0.15) is 0 Å². The summed E-state index contributed by atoms with van der Waals surface area (Å²) in [5.41, 5.74) is 6.76. The second kappa shape index (κ2) is 7.12. The Morgan fingerprint density at radius 1 is 1.16 bits per heavy atom. The van der Waals surface area contributed by atoms with E-state index < -0.39 is 23.8 Å². The zero-order valence-corrected chi connectivity index (χ0v) is 14.2. The molecule has 0 radical (unpaired) electrons. The highest BCUT2D eigenvalue weighted by atomic mass is 16.5. The first-order chi connectivity index (χ1) is 11.8. The minimum atomic E-state index is -1.11. The largest absolute Gasteiger partial charge is 0.465 e. The molecular weight excluding hydrogens is 328 g/mol. The number of ether oxygens (including phenoxy) is 2. The molecule has 0 saturated carbocycles. The maximum Gasteiger partial charge on any atom is 0.361 e. The number of nitrogens with one attached hydrogen (secondary N) is 1. The number of Topliss-reactive ketones (excluding diaryl/α,β-unsaturated/α-hetero) is 1. The summed E-state index contributed by atoms with van der Waals surface area (Å²) in [6, 6.07) is 0. The number of anilines is 1. The number of hydrogen-bond donors (Lipinski definition) is 2. The maximum absolute atomic E-state index is 12.6. The van der Waals surface area contributed by atoms with Crippen molar-refractivity contribution >= 4 is 23.5 Å². The summed E-state index contributed by atoms with van der Waals surface area (Å²) in [5.74, 6) is -2.00. The van der Waals surface area contributed by atoms with Crippen molar-refractivity contribution in [2.75, 3.05) is 12.8 Å². The Kier molecular flexibility index (Phi) is 5.16. The number of carbonyl (C=O) groups excluding carboxylic acids is 3. The fraction of sp³-hybridized carbons (Fsp3) is 0.312. The van der Waals surface area contributed by atoms with Crippen molar-refractivity contribution in [3.63, 3.8) is 0 Å². The van der Waals surface area contributed by atoms with Gasteiger partial charge in [-0.15, -0.1) is 0 Å². The zero-order chi connectivity index (χ0) is 18.7. The topological polar surface area (TPSA) is 137 Å². The third-order valence-corrected chi connectivity index (χ3v) is 3.65. The number of aryl methyl sites for hydroxylation is 1. The SMILES string of the molecule is COC(=O)c1c(C)[nH]c(C(=O)[C@H](C)OC(=O)c2nccnc2N)c1C. The number of ketones is 1. The molecule has 1 atom stereocenters. The van der Waals surface area contributed by atoms with Crippen LogP contribution in [0.25, 0.3) is 0 Å². The van der Waals surface area contributed by atoms with E-state index in [1.165, 1.54) is 26.4 Å². The van der Waals surface area contributed by atoms with Crippen LogP contribution in [0.4, 0.5) is 5.82 Å². The van der Waals surface area contributed by atoms with Crippen molar-refractivity contribution in [2.24, 2.45) is 0 Å². The lowest BCUT2D eigenvalue weighted by Gasteiger charge is -2.12. The lowest BCUT2D eigenvalue weighted by Crippen LogP contribution is -2.26. The lowest BCUT2D eigenvalue weighted by molar-refractivity contribution is 0.0312. The van der Waals surface area contributed by atoms with Gasteiger partial charge in [0, 0.05) is 18.1 Å². The molecule has 0 amide bonds. The number of aromatic nitrogens is 3. The van der Waals surface area contributed by atoms with Crippen LogP contribution in [-0.4, -0.2) is 45.9 Å². The van der Waals surface area contributed by atoms with Gasteiger partial charge >= 0.3 is 11.9 Å². The average Bonchev–Trinajstić information content (AvgIpc) is 2.88. The van der Waals surface area contributed by atoms with E-state index in [-0.39, 0.29) is 22.8 Å². The van der Waals surface area contributed by atoms with Crippen LogP contribution in [0.1, 0.15) is 49.5 Å². The van der Waals surface area contributed by atoms with Crippen LogP contribution >= 0.6 is 0 Å². The highest BCUT2D eigenvalue weighted by molar-refractivity contribution is 6.04. The molecule has 2 aromatic heterocycles. The number of nitrogens with zero attached hydrogens (tertiary/aromatic N) is 2. The van der Waals surface area contributed by atoms with E-state index in [0.717, 1.165) is 0 Å². The number of nitrogens with two attached hydrogens (primary N) is 1. The molecule has 3 N–H and O–H groups in total. The molecule has 2 rings (SSSR count). The van der Waals surface area contributed by atoms with E-state index in [0.29, 0.717) is 11.3 Å². The van der Waals surface area contributed by atoms with E-state index in [1.807, 2.05) is 0 Å². The summed E-state index contributed by atoms with van der Waals surface area (Å²) in [4.78, 5) is 46.8. The summed E-state index contributed by atoms with van der Waals surface area (Å²) >= 11 is 0. The fourth-order valence-electron chi connectivity index (χ4n) is 2.38. The first-order valence-corrected chi connectivity index (χ1v) is 7.37. The van der Waals surface area contributed by atoms with Crippen LogP contribution in [0.3, 0.4) is 0 Å². The molecule has 132 valence electrons. The predicted molar refractivity (Wildman–Crippen MR) is 87.3 cm³/mol. The van der Waals surface area contributed by atoms with Crippen LogP contribution in [0.2, 0.25) is 0 Å². The molecule has 9 heteroatoms. The van der Waals surface area contributed by atoms with E-state index in [4.69, 9.17) is 15.2 Å². The Labute approximate surface area is 143 Å². The molecule has 0 bridgehead atoms. The molecule has 0 aromatic carbocycles. The van der Waals surface area contributed by atoms with Gasteiger partial charge in [-0.1, -0.05) is 0 Å². The zero-order valence-electron chi connectivity index (χ0n) is 14.2. The van der Waals surface area contributed by atoms with Crippen molar-refractivity contribution in [1.82, 2.24) is 15.0 Å². The molecule has 25 heavy (non-hydrogen) atoms. The van der Waals surface area contributed by atoms with Gasteiger partial charge in [-0.05, 0) is 26.3 Å². The van der Waals surface area contributed by atoms with Crippen LogP contribution in [0, 0.1) is 13.8 Å². The number of esters is 2. The van der Waals surface area contributed by atoms with Gasteiger partial charge in [-0.25, -0.2) is 19.6 Å². The minimum absolute atomic E-state index is 0.0907. The lowest BCUT2D eigenvalue weighted by atomic mass is 10.1. The molecule has 2 aromatic rings. The number of hydrogen-bond acceptors (Lipinski definition) is 8. The molecule has 9 nitrogen and oxygen atoms in total. The third-order valence-electron chi connectivity index (χ3n) is 3.65. The van der Waals surface area contributed by atoms with Crippen LogP contribution < -0.4 is 5.73 Å². The summed E-state index contributed by atoms with van der Waals surface area (Å²) in [6.07, 6.45) is 1.51. The summed E-state index contributed by atoms with van der Waals surface area (Å²) in [6.45, 7) is 4.67. The van der Waals surface area contributed by atoms with Crippen LogP contribution in [-0.2, 0) is 9.47 Å². The predicted octanol–water partition coefficient (Wildman–Crippen LogP) is 1.22. The molecule has 0 fully saturated rings. The van der Waals surface area contributed by atoms with Crippen molar-refractivity contribution in [2.45, 2.75) is 26.9 Å². The van der Waals surface area contributed by atoms with Crippen LogP contribution in [0.15, 0.2) is 12.4 Å². The van der Waals surface area contributed by atoms with Crippen molar-refractivity contribution in [3.05, 3.63) is 40.6 Å². The maximum atomic E-state index is 12.6. The number of aromatic amines is 1. The van der Waals surface area contributed by atoms with Gasteiger partial charge in [0.2, 0.25) is 5.78 Å². The highest BCUT2D eigenvalue weighted by Gasteiger charge is 2.28. The average molecular weight is 346 g/mol. The summed E-state index contributed by atoms with van der Waals surface area (Å²) in [7, 11) is 1.26. The van der Waals surface area contributed by atoms with Crippen molar-refractivity contribution in [3.8, 4) is 0 Å². The molecular formula is C16H18N4O5. The van der Waals surface area contributed by atoms with Crippen molar-refractivity contribution in [1.29, 1.82) is 0 Å². The normalized spacial score (nSPS) is 11.7. The molecule has 0 aliphatic rings. The number of carbonyl (C=O) groups is 3. The Balaban J connectivity index is 2.22. The van der Waals surface area contributed by atoms with Gasteiger partial charge in [0.25, 0.3) is 0 Å². The minimum Gasteiger partial charge on any atom is -0.465 e. The number of rotatable bonds is 5. The van der Waals surface area contributed by atoms with Crippen LogP contribution in [0.5, 0.6) is 0 Å². The number of methoxy groups -OCH3 is 1. The molecule has 2 heterocycles. The number of H-pyrrole nitrogens is 1. The quantitative estimate of drug-likeness (QED) is 0.609. The smallest absolute Gasteiger partial charge is 0.361 e. The second-order valence-electron chi connectivity index (χ2n) is 5.32. The fourth-order valence-corrected chi connectivity index (χ4v) is 2.38. The molecule has 0 unspecified atom stereocenters. The summed E-state index contributed by atoms with van der Waals surface area (Å²) < 4.78 is 9.82. The molecule has 0 aliphatic heterocycles. The van der Waals surface area contributed by atoms with E-state index >= 15 is 0 Å². The Morgan fingerprint density at radius 2 is 1.80 bits per heavy atom. The Hall–Kier alpha value is -3.23. The first-order valence-electron chi connectivity index (χ1n) is 7.37. The number of nitrogen functional groups attached to an aromatic ring is 1. The van der Waals surface area contributed by atoms with E-state index in [9.17, 15) is 14.4 Å². The molecule has 0 saturated heterocycles. The highest BCUT2D eigenvalue weighted by Crippen LogP contribution is 2.21. The van der Waals surface area contributed by atoms with Gasteiger partial charge in [-0.2, -0.15) is 0 Å². The Bertz CT molecular complexity index is 843. The standard InChI is InChI=1S/C16H18N4O5/c1-7-10(15(22)24-4)8(2)20-11(7)13(21)9(3)25-16(23)12-14(17)19-6-5-18-12/h5-6,9,20H,1-4H3,(H2,17,19)/t9-/m0/s1. The van der Waals surface area contributed by atoms with E-state index in [1.54, 1.807) is 13.8 Å². The van der Waals surface area contributed by atoms with Crippen molar-refractivity contribution < 1.29 is 23.9 Å². The van der Waals surface area contributed by atoms with Gasteiger partial charge in [0.15, 0.2) is 17.6 Å². The first kappa shape index (κ1) is 18.1. The van der Waals surface area contributed by atoms with Gasteiger partial charge < -0.3 is 20.2 Å².